The van der Waals surface area contributed by atoms with Crippen LogP contribution in [0.25, 0.3) is 6.08 Å². The van der Waals surface area contributed by atoms with Crippen molar-refractivity contribution >= 4 is 23.3 Å². The topological polar surface area (TPSA) is 38.8 Å². The van der Waals surface area contributed by atoms with Crippen molar-refractivity contribution < 1.29 is 14.3 Å². The Kier molecular flexibility index (Phi) is 4.72. The summed E-state index contributed by atoms with van der Waals surface area (Å²) in [7, 11) is 1.66. The van der Waals surface area contributed by atoms with E-state index >= 15 is 0 Å². The van der Waals surface area contributed by atoms with E-state index in [0.717, 1.165) is 48.4 Å². The summed E-state index contributed by atoms with van der Waals surface area (Å²) in [5.41, 5.74) is 2.04. The van der Waals surface area contributed by atoms with Crippen LogP contribution in [0.15, 0.2) is 35.7 Å². The van der Waals surface area contributed by atoms with Gasteiger partial charge in [0, 0.05) is 35.0 Å². The highest BCUT2D eigenvalue weighted by atomic mass is 32.1. The van der Waals surface area contributed by atoms with Gasteiger partial charge in [0.05, 0.1) is 13.2 Å². The van der Waals surface area contributed by atoms with Gasteiger partial charge >= 0.3 is 0 Å². The lowest BCUT2D eigenvalue weighted by Gasteiger charge is -2.22. The molecule has 1 fully saturated rings. The third kappa shape index (κ3) is 3.23. The molecule has 0 N–H and O–H groups in total. The van der Waals surface area contributed by atoms with E-state index in [-0.39, 0.29) is 18.1 Å². The molecular weight excluding hydrogens is 346 g/mol. The standard InChI is InChI=1S/C21H23NO3S/c1-14-11-16-13-18(24-2)15(12-19(16)25-14)7-8-21(23)22-9-3-5-17(22)20-6-4-10-26-20/h4,6-8,10,12-14,17H,3,5,9,11H2,1-2H3. The predicted molar refractivity (Wildman–Crippen MR) is 104 cm³/mol. The smallest absolute Gasteiger partial charge is 0.247 e. The van der Waals surface area contributed by atoms with Gasteiger partial charge in [-0.05, 0) is 49.4 Å². The summed E-state index contributed by atoms with van der Waals surface area (Å²) in [5.74, 6) is 1.72. The van der Waals surface area contributed by atoms with Gasteiger partial charge < -0.3 is 14.4 Å². The van der Waals surface area contributed by atoms with Crippen molar-refractivity contribution in [2.45, 2.75) is 38.3 Å². The van der Waals surface area contributed by atoms with Gasteiger partial charge in [-0.2, -0.15) is 0 Å². The van der Waals surface area contributed by atoms with Gasteiger partial charge in [-0.25, -0.2) is 0 Å². The number of rotatable bonds is 4. The molecule has 0 aliphatic carbocycles. The third-order valence-corrected chi connectivity index (χ3v) is 6.03. The molecule has 0 saturated carbocycles. The SMILES string of the molecule is COc1cc2c(cc1C=CC(=O)N1CCCC1c1cccs1)OC(C)C2. The van der Waals surface area contributed by atoms with Crippen LogP contribution in [0, 0.1) is 0 Å². The molecule has 2 atom stereocenters. The first kappa shape index (κ1) is 17.2. The van der Waals surface area contributed by atoms with Gasteiger partial charge in [-0.15, -0.1) is 11.3 Å². The second-order valence-electron chi connectivity index (χ2n) is 6.87. The van der Waals surface area contributed by atoms with E-state index in [1.807, 2.05) is 29.2 Å². The van der Waals surface area contributed by atoms with Crippen molar-refractivity contribution in [3.63, 3.8) is 0 Å². The monoisotopic (exact) mass is 369 g/mol. The molecule has 2 unspecified atom stereocenters. The minimum atomic E-state index is 0.0535. The van der Waals surface area contributed by atoms with Crippen molar-refractivity contribution in [2.75, 3.05) is 13.7 Å². The number of nitrogens with zero attached hydrogens (tertiary/aromatic N) is 1. The minimum Gasteiger partial charge on any atom is -0.496 e. The summed E-state index contributed by atoms with van der Waals surface area (Å²) in [6, 6.07) is 8.37. The van der Waals surface area contributed by atoms with Gasteiger partial charge in [0.25, 0.3) is 0 Å². The average Bonchev–Trinajstić information content (AvgIpc) is 3.36. The molecule has 1 amide bonds. The largest absolute Gasteiger partial charge is 0.496 e. The molecule has 2 aliphatic heterocycles. The highest BCUT2D eigenvalue weighted by Crippen LogP contribution is 2.37. The maximum absolute atomic E-state index is 12.8. The van der Waals surface area contributed by atoms with Crippen molar-refractivity contribution in [1.82, 2.24) is 4.90 Å². The van der Waals surface area contributed by atoms with Crippen LogP contribution in [-0.4, -0.2) is 30.6 Å². The Morgan fingerprint density at radius 1 is 1.42 bits per heavy atom. The van der Waals surface area contributed by atoms with Gasteiger partial charge in [0.15, 0.2) is 0 Å². The Labute approximate surface area is 158 Å². The summed E-state index contributed by atoms with van der Waals surface area (Å²) in [4.78, 5) is 16.0. The number of likely N-dealkylation sites (tertiary alicyclic amines) is 1. The van der Waals surface area contributed by atoms with E-state index in [1.54, 1.807) is 24.5 Å². The van der Waals surface area contributed by atoms with Crippen LogP contribution in [0.1, 0.15) is 41.8 Å². The van der Waals surface area contributed by atoms with Crippen LogP contribution in [0.5, 0.6) is 11.5 Å². The van der Waals surface area contributed by atoms with Gasteiger partial charge in [-0.3, -0.25) is 4.79 Å². The first-order valence-corrected chi connectivity index (χ1v) is 9.93. The Morgan fingerprint density at radius 2 is 2.31 bits per heavy atom. The molecule has 5 heteroatoms. The fourth-order valence-electron chi connectivity index (χ4n) is 3.83. The number of methoxy groups -OCH3 is 1. The van der Waals surface area contributed by atoms with E-state index in [0.29, 0.717) is 0 Å². The Hall–Kier alpha value is -2.27. The maximum atomic E-state index is 12.8. The number of amides is 1. The van der Waals surface area contributed by atoms with Gasteiger partial charge in [0.1, 0.15) is 17.6 Å². The zero-order chi connectivity index (χ0) is 18.1. The number of carbonyl (C=O) groups excluding carboxylic acids is 1. The van der Waals surface area contributed by atoms with Crippen molar-refractivity contribution in [1.29, 1.82) is 0 Å². The van der Waals surface area contributed by atoms with E-state index in [1.165, 1.54) is 4.88 Å². The Balaban J connectivity index is 1.54. The first-order valence-electron chi connectivity index (χ1n) is 9.05. The highest BCUT2D eigenvalue weighted by Gasteiger charge is 2.29. The summed E-state index contributed by atoms with van der Waals surface area (Å²) < 4.78 is 11.3. The summed E-state index contributed by atoms with van der Waals surface area (Å²) in [5, 5.41) is 2.07. The Morgan fingerprint density at radius 3 is 3.08 bits per heavy atom. The zero-order valence-electron chi connectivity index (χ0n) is 15.1. The lowest BCUT2D eigenvalue weighted by Crippen LogP contribution is -2.28. The van der Waals surface area contributed by atoms with E-state index in [2.05, 4.69) is 18.4 Å². The van der Waals surface area contributed by atoms with Gasteiger partial charge in [-0.1, -0.05) is 6.07 Å². The van der Waals surface area contributed by atoms with Crippen LogP contribution >= 0.6 is 11.3 Å². The number of hydrogen-bond donors (Lipinski definition) is 0. The molecule has 0 bridgehead atoms. The van der Waals surface area contributed by atoms with Crippen LogP contribution in [-0.2, 0) is 11.2 Å². The van der Waals surface area contributed by atoms with E-state index < -0.39 is 0 Å². The lowest BCUT2D eigenvalue weighted by molar-refractivity contribution is -0.126. The molecular formula is C21H23NO3S. The quantitative estimate of drug-likeness (QED) is 0.747. The minimum absolute atomic E-state index is 0.0535. The number of ether oxygens (including phenoxy) is 2. The third-order valence-electron chi connectivity index (χ3n) is 5.06. The van der Waals surface area contributed by atoms with Crippen molar-refractivity contribution in [3.8, 4) is 11.5 Å². The molecule has 3 heterocycles. The number of carbonyl (C=O) groups is 1. The number of fused-ring (bicyclic) bond motifs is 1. The number of benzene rings is 1. The highest BCUT2D eigenvalue weighted by molar-refractivity contribution is 7.10. The number of hydrogen-bond acceptors (Lipinski definition) is 4. The zero-order valence-corrected chi connectivity index (χ0v) is 15.9. The molecule has 2 aliphatic rings. The molecule has 2 aromatic rings. The molecule has 1 aromatic carbocycles. The van der Waals surface area contributed by atoms with Crippen LogP contribution in [0.4, 0.5) is 0 Å². The van der Waals surface area contributed by atoms with Crippen LogP contribution < -0.4 is 9.47 Å². The molecule has 4 nitrogen and oxygen atoms in total. The van der Waals surface area contributed by atoms with E-state index in [4.69, 9.17) is 9.47 Å². The van der Waals surface area contributed by atoms with Crippen molar-refractivity contribution in [2.24, 2.45) is 0 Å². The normalized spacial score (nSPS) is 21.8. The molecule has 0 radical (unpaired) electrons. The fourth-order valence-corrected chi connectivity index (χ4v) is 4.70. The Bertz CT molecular complexity index is 828. The molecule has 4 rings (SSSR count). The summed E-state index contributed by atoms with van der Waals surface area (Å²) in [6.45, 7) is 2.87. The first-order chi connectivity index (χ1) is 12.7. The number of thiophene rings is 1. The van der Waals surface area contributed by atoms with Crippen LogP contribution in [0.3, 0.4) is 0 Å². The maximum Gasteiger partial charge on any atom is 0.247 e. The molecule has 1 aromatic heterocycles. The predicted octanol–water partition coefficient (Wildman–Crippen LogP) is 4.46. The molecule has 136 valence electrons. The second-order valence-corrected chi connectivity index (χ2v) is 7.85. The lowest BCUT2D eigenvalue weighted by atomic mass is 10.1. The summed E-state index contributed by atoms with van der Waals surface area (Å²) in [6.07, 6.45) is 6.67. The average molecular weight is 369 g/mol. The van der Waals surface area contributed by atoms with Gasteiger partial charge in [0.2, 0.25) is 5.91 Å². The van der Waals surface area contributed by atoms with E-state index in [9.17, 15) is 4.79 Å². The summed E-state index contributed by atoms with van der Waals surface area (Å²) >= 11 is 1.72. The molecule has 1 saturated heterocycles. The van der Waals surface area contributed by atoms with Crippen molar-refractivity contribution in [3.05, 3.63) is 51.7 Å². The second kappa shape index (κ2) is 7.16. The molecule has 0 spiro atoms. The molecule has 26 heavy (non-hydrogen) atoms. The fraction of sp³-hybridized carbons (Fsp3) is 0.381. The van der Waals surface area contributed by atoms with Crippen LogP contribution in [0.2, 0.25) is 0 Å².